The minimum Gasteiger partial charge on any atom is -0.382 e. The van der Waals surface area contributed by atoms with Gasteiger partial charge in [0.05, 0.1) is 6.04 Å². The van der Waals surface area contributed by atoms with Crippen molar-refractivity contribution in [2.24, 2.45) is 0 Å². The van der Waals surface area contributed by atoms with Crippen molar-refractivity contribution >= 4 is 27.7 Å². The van der Waals surface area contributed by atoms with Gasteiger partial charge in [-0.1, -0.05) is 28.1 Å². The number of nitrogen functional groups attached to an aromatic ring is 1. The normalized spacial score (nSPS) is 12.1. The van der Waals surface area contributed by atoms with Crippen molar-refractivity contribution in [3.63, 3.8) is 0 Å². The first-order valence-corrected chi connectivity index (χ1v) is 6.67. The van der Waals surface area contributed by atoms with Gasteiger partial charge in [-0.25, -0.2) is 0 Å². The van der Waals surface area contributed by atoms with Gasteiger partial charge in [0.1, 0.15) is 12.4 Å². The van der Waals surface area contributed by atoms with E-state index in [0.29, 0.717) is 5.82 Å². The molecule has 1 aromatic heterocycles. The summed E-state index contributed by atoms with van der Waals surface area (Å²) in [4.78, 5) is 11.9. The number of rotatable bonds is 4. The molecule has 19 heavy (non-hydrogen) atoms. The van der Waals surface area contributed by atoms with E-state index in [9.17, 15) is 4.79 Å². The highest BCUT2D eigenvalue weighted by molar-refractivity contribution is 9.10. The minimum atomic E-state index is -0.0986. The number of hydrogen-bond acceptors (Lipinski definition) is 3. The Balaban J connectivity index is 1.93. The number of benzene rings is 1. The summed E-state index contributed by atoms with van der Waals surface area (Å²) in [6, 6.07) is 9.46. The summed E-state index contributed by atoms with van der Waals surface area (Å²) in [6.45, 7) is 2.11. The molecule has 1 heterocycles. The third-order valence-electron chi connectivity index (χ3n) is 2.71. The van der Waals surface area contributed by atoms with Gasteiger partial charge in [-0.2, -0.15) is 5.10 Å². The summed E-state index contributed by atoms with van der Waals surface area (Å²) >= 11 is 3.38. The van der Waals surface area contributed by atoms with Crippen LogP contribution in [0.2, 0.25) is 0 Å². The lowest BCUT2D eigenvalue weighted by Crippen LogP contribution is -2.30. The smallest absolute Gasteiger partial charge is 0.242 e. The second kappa shape index (κ2) is 5.88. The molecule has 1 unspecified atom stereocenters. The third-order valence-corrected chi connectivity index (χ3v) is 3.24. The first-order valence-electron chi connectivity index (χ1n) is 5.88. The van der Waals surface area contributed by atoms with Gasteiger partial charge in [-0.15, -0.1) is 0 Å². The van der Waals surface area contributed by atoms with E-state index in [1.807, 2.05) is 31.2 Å². The van der Waals surface area contributed by atoms with E-state index in [1.54, 1.807) is 12.3 Å². The van der Waals surface area contributed by atoms with Crippen molar-refractivity contribution in [2.75, 3.05) is 5.73 Å². The van der Waals surface area contributed by atoms with Gasteiger partial charge in [0.2, 0.25) is 5.91 Å². The Hall–Kier alpha value is -1.82. The number of nitrogens with two attached hydrogens (primary N) is 1. The van der Waals surface area contributed by atoms with Crippen LogP contribution in [0.25, 0.3) is 0 Å². The van der Waals surface area contributed by atoms with Crippen molar-refractivity contribution in [1.29, 1.82) is 0 Å². The molecule has 0 saturated heterocycles. The fourth-order valence-corrected chi connectivity index (χ4v) is 2.00. The van der Waals surface area contributed by atoms with E-state index in [4.69, 9.17) is 5.73 Å². The van der Waals surface area contributed by atoms with Crippen molar-refractivity contribution in [2.45, 2.75) is 19.5 Å². The first kappa shape index (κ1) is 13.6. The maximum atomic E-state index is 11.9. The molecule has 0 radical (unpaired) electrons. The Kier molecular flexibility index (Phi) is 4.21. The summed E-state index contributed by atoms with van der Waals surface area (Å²) in [7, 11) is 0. The molecule has 0 fully saturated rings. The number of amides is 1. The number of hydrogen-bond donors (Lipinski definition) is 2. The van der Waals surface area contributed by atoms with E-state index >= 15 is 0 Å². The summed E-state index contributed by atoms with van der Waals surface area (Å²) in [5.74, 6) is 0.312. The van der Waals surface area contributed by atoms with Crippen LogP contribution in [0.3, 0.4) is 0 Å². The largest absolute Gasteiger partial charge is 0.382 e. The number of halogens is 1. The molecule has 2 rings (SSSR count). The maximum absolute atomic E-state index is 11.9. The van der Waals surface area contributed by atoms with Gasteiger partial charge >= 0.3 is 0 Å². The van der Waals surface area contributed by atoms with Crippen LogP contribution in [0, 0.1) is 0 Å². The highest BCUT2D eigenvalue weighted by Gasteiger charge is 2.10. The Labute approximate surface area is 119 Å². The highest BCUT2D eigenvalue weighted by atomic mass is 79.9. The molecule has 0 saturated carbocycles. The van der Waals surface area contributed by atoms with Crippen LogP contribution < -0.4 is 11.1 Å². The molecule has 2 aromatic rings. The van der Waals surface area contributed by atoms with Gasteiger partial charge in [-0.3, -0.25) is 9.48 Å². The predicted octanol–water partition coefficient (Wildman–Crippen LogP) is 2.11. The number of aromatic nitrogens is 2. The van der Waals surface area contributed by atoms with Gasteiger partial charge < -0.3 is 11.1 Å². The molecule has 1 atom stereocenters. The fraction of sp³-hybridized carbons (Fsp3) is 0.231. The number of carbonyl (C=O) groups is 1. The monoisotopic (exact) mass is 322 g/mol. The molecule has 5 nitrogen and oxygen atoms in total. The summed E-state index contributed by atoms with van der Waals surface area (Å²) in [6.07, 6.45) is 1.68. The Bertz CT molecular complexity index is 564. The molecular weight excluding hydrogens is 308 g/mol. The van der Waals surface area contributed by atoms with Crippen LogP contribution in [0.4, 0.5) is 5.82 Å². The number of carbonyl (C=O) groups excluding carboxylic acids is 1. The van der Waals surface area contributed by atoms with E-state index in [2.05, 4.69) is 26.3 Å². The van der Waals surface area contributed by atoms with Crippen LogP contribution in [-0.2, 0) is 11.3 Å². The standard InChI is InChI=1S/C13H15BrN4O/c1-9(10-2-4-11(14)5-3-10)16-13(19)8-18-7-6-12(15)17-18/h2-7,9H,8H2,1H3,(H2,15,17)(H,16,19). The zero-order valence-corrected chi connectivity index (χ0v) is 12.1. The second-order valence-corrected chi connectivity index (χ2v) is 5.19. The Morgan fingerprint density at radius 1 is 1.42 bits per heavy atom. The highest BCUT2D eigenvalue weighted by Crippen LogP contribution is 2.16. The SMILES string of the molecule is CC(NC(=O)Cn1ccc(N)n1)c1ccc(Br)cc1. The zero-order chi connectivity index (χ0) is 13.8. The zero-order valence-electron chi connectivity index (χ0n) is 10.5. The summed E-state index contributed by atoms with van der Waals surface area (Å²) < 4.78 is 2.53. The van der Waals surface area contributed by atoms with Gasteiger partial charge in [-0.05, 0) is 30.7 Å². The molecule has 0 bridgehead atoms. The van der Waals surface area contributed by atoms with Crippen molar-refractivity contribution in [3.8, 4) is 0 Å². The van der Waals surface area contributed by atoms with Gasteiger partial charge in [0.25, 0.3) is 0 Å². The first-order chi connectivity index (χ1) is 9.04. The van der Waals surface area contributed by atoms with E-state index in [-0.39, 0.29) is 18.5 Å². The van der Waals surface area contributed by atoms with E-state index in [0.717, 1.165) is 10.0 Å². The van der Waals surface area contributed by atoms with Crippen LogP contribution in [0.15, 0.2) is 41.0 Å². The molecule has 100 valence electrons. The van der Waals surface area contributed by atoms with Crippen LogP contribution in [0.5, 0.6) is 0 Å². The maximum Gasteiger partial charge on any atom is 0.242 e. The predicted molar refractivity (Wildman–Crippen MR) is 77.3 cm³/mol. The fourth-order valence-electron chi connectivity index (χ4n) is 1.73. The molecule has 0 aliphatic rings. The van der Waals surface area contributed by atoms with Crippen LogP contribution >= 0.6 is 15.9 Å². The molecule has 1 aromatic carbocycles. The lowest BCUT2D eigenvalue weighted by molar-refractivity contribution is -0.122. The van der Waals surface area contributed by atoms with Crippen LogP contribution in [0.1, 0.15) is 18.5 Å². The molecule has 1 amide bonds. The Morgan fingerprint density at radius 3 is 2.68 bits per heavy atom. The van der Waals surface area contributed by atoms with Crippen molar-refractivity contribution < 1.29 is 4.79 Å². The molecule has 6 heteroatoms. The molecule has 0 aliphatic heterocycles. The quantitative estimate of drug-likeness (QED) is 0.905. The number of anilines is 1. The van der Waals surface area contributed by atoms with E-state index < -0.39 is 0 Å². The molecule has 3 N–H and O–H groups in total. The summed E-state index contributed by atoms with van der Waals surface area (Å²) in [5.41, 5.74) is 6.55. The lowest BCUT2D eigenvalue weighted by Gasteiger charge is -2.14. The molecule has 0 aliphatic carbocycles. The minimum absolute atomic E-state index is 0.0477. The topological polar surface area (TPSA) is 72.9 Å². The molecular formula is C13H15BrN4O. The lowest BCUT2D eigenvalue weighted by atomic mass is 10.1. The van der Waals surface area contributed by atoms with Gasteiger partial charge in [0, 0.05) is 10.7 Å². The average molecular weight is 323 g/mol. The van der Waals surface area contributed by atoms with Gasteiger partial charge in [0.15, 0.2) is 0 Å². The van der Waals surface area contributed by atoms with Crippen LogP contribution in [-0.4, -0.2) is 15.7 Å². The summed E-state index contributed by atoms with van der Waals surface area (Å²) in [5, 5.41) is 6.89. The average Bonchev–Trinajstić information content (AvgIpc) is 2.75. The van der Waals surface area contributed by atoms with Crippen molar-refractivity contribution in [3.05, 3.63) is 46.6 Å². The number of nitrogens with zero attached hydrogens (tertiary/aromatic N) is 2. The van der Waals surface area contributed by atoms with E-state index in [1.165, 1.54) is 4.68 Å². The Morgan fingerprint density at radius 2 is 2.11 bits per heavy atom. The van der Waals surface area contributed by atoms with Crippen molar-refractivity contribution in [1.82, 2.24) is 15.1 Å². The number of nitrogens with one attached hydrogen (secondary N) is 1. The third kappa shape index (κ3) is 3.82. The molecule has 0 spiro atoms. The second-order valence-electron chi connectivity index (χ2n) is 4.28.